The minimum Gasteiger partial charge on any atom is -0.496 e. The van der Waals surface area contributed by atoms with Gasteiger partial charge in [-0.05, 0) is 58.3 Å². The molecule has 0 radical (unpaired) electrons. The fourth-order valence-electron chi connectivity index (χ4n) is 2.38. The van der Waals surface area contributed by atoms with Crippen molar-refractivity contribution in [1.29, 1.82) is 0 Å². The fourth-order valence-corrected chi connectivity index (χ4v) is 3.16. The van der Waals surface area contributed by atoms with E-state index in [2.05, 4.69) is 20.9 Å². The first kappa shape index (κ1) is 16.7. The molecule has 3 aromatic rings. The predicted molar refractivity (Wildman–Crippen MR) is 101 cm³/mol. The molecule has 0 aliphatic heterocycles. The third-order valence-electron chi connectivity index (χ3n) is 3.60. The van der Waals surface area contributed by atoms with Crippen molar-refractivity contribution >= 4 is 44.3 Å². The van der Waals surface area contributed by atoms with Crippen molar-refractivity contribution in [3.05, 3.63) is 74.2 Å². The number of pyridine rings is 1. The zero-order chi connectivity index (χ0) is 17.3. The lowest BCUT2D eigenvalue weighted by molar-refractivity contribution is 0.412. The quantitative estimate of drug-likeness (QED) is 0.644. The number of methoxy groups -OCH3 is 1. The molecule has 0 amide bonds. The van der Waals surface area contributed by atoms with E-state index >= 15 is 0 Å². The van der Waals surface area contributed by atoms with E-state index in [0.717, 1.165) is 21.3 Å². The molecular weight excluding hydrogens is 392 g/mol. The van der Waals surface area contributed by atoms with Crippen molar-refractivity contribution in [1.82, 2.24) is 9.38 Å². The van der Waals surface area contributed by atoms with Crippen LogP contribution in [-0.2, 0) is 0 Å². The Bertz CT molecular complexity index is 1010. The van der Waals surface area contributed by atoms with Crippen molar-refractivity contribution in [3.63, 3.8) is 0 Å². The first-order valence-electron chi connectivity index (χ1n) is 7.20. The first-order valence-corrected chi connectivity index (χ1v) is 8.37. The number of benzene rings is 1. The Kier molecular flexibility index (Phi) is 4.73. The van der Waals surface area contributed by atoms with E-state index in [1.165, 1.54) is 10.5 Å². The van der Waals surface area contributed by atoms with Crippen LogP contribution in [-0.4, -0.2) is 16.5 Å². The zero-order valence-corrected chi connectivity index (χ0v) is 15.4. The van der Waals surface area contributed by atoms with Crippen molar-refractivity contribution < 1.29 is 4.74 Å². The summed E-state index contributed by atoms with van der Waals surface area (Å²) in [5.41, 5.74) is 2.67. The number of hydrogen-bond donors (Lipinski definition) is 0. The van der Waals surface area contributed by atoms with E-state index < -0.39 is 0 Å². The van der Waals surface area contributed by atoms with Gasteiger partial charge in [-0.15, -0.1) is 0 Å². The van der Waals surface area contributed by atoms with Gasteiger partial charge in [0.25, 0.3) is 5.56 Å². The van der Waals surface area contributed by atoms with Crippen LogP contribution in [0.15, 0.2) is 51.9 Å². The van der Waals surface area contributed by atoms with Gasteiger partial charge in [-0.25, -0.2) is 4.98 Å². The Hall–Kier alpha value is -2.11. The van der Waals surface area contributed by atoms with E-state index in [9.17, 15) is 4.79 Å². The van der Waals surface area contributed by atoms with E-state index in [1.807, 2.05) is 37.3 Å². The van der Waals surface area contributed by atoms with E-state index in [4.69, 9.17) is 16.3 Å². The molecule has 1 aromatic carbocycles. The molecule has 0 aliphatic rings. The van der Waals surface area contributed by atoms with Gasteiger partial charge in [0, 0.05) is 12.3 Å². The van der Waals surface area contributed by atoms with E-state index in [-0.39, 0.29) is 5.56 Å². The lowest BCUT2D eigenvalue weighted by Crippen LogP contribution is -2.15. The van der Waals surface area contributed by atoms with Gasteiger partial charge < -0.3 is 4.74 Å². The third kappa shape index (κ3) is 3.23. The highest BCUT2D eigenvalue weighted by atomic mass is 79.9. The molecule has 2 aromatic heterocycles. The summed E-state index contributed by atoms with van der Waals surface area (Å²) in [5, 5.41) is 0.398. The van der Waals surface area contributed by atoms with Crippen molar-refractivity contribution in [3.8, 4) is 5.75 Å². The van der Waals surface area contributed by atoms with Gasteiger partial charge in [-0.2, -0.15) is 0 Å². The maximum Gasteiger partial charge on any atom is 0.258 e. The van der Waals surface area contributed by atoms with Gasteiger partial charge >= 0.3 is 0 Å². The predicted octanol–water partition coefficient (Wildman–Crippen LogP) is 4.51. The minimum absolute atomic E-state index is 0.166. The number of halogens is 2. The molecule has 2 heterocycles. The van der Waals surface area contributed by atoms with Gasteiger partial charge in [-0.1, -0.05) is 23.7 Å². The summed E-state index contributed by atoms with van der Waals surface area (Å²) in [4.78, 5) is 16.8. The van der Waals surface area contributed by atoms with Gasteiger partial charge in [-0.3, -0.25) is 9.20 Å². The van der Waals surface area contributed by atoms with Crippen LogP contribution < -0.4 is 10.3 Å². The smallest absolute Gasteiger partial charge is 0.258 e. The Morgan fingerprint density at radius 2 is 2.12 bits per heavy atom. The Morgan fingerprint density at radius 3 is 2.83 bits per heavy atom. The molecule has 0 unspecified atom stereocenters. The molecule has 0 saturated carbocycles. The Morgan fingerprint density at radius 1 is 1.33 bits per heavy atom. The second-order valence-electron chi connectivity index (χ2n) is 5.25. The molecule has 0 spiro atoms. The summed E-state index contributed by atoms with van der Waals surface area (Å²) in [6.45, 7) is 1.91. The average molecular weight is 406 g/mol. The second kappa shape index (κ2) is 6.79. The van der Waals surface area contributed by atoms with Crippen molar-refractivity contribution in [2.24, 2.45) is 0 Å². The first-order chi connectivity index (χ1) is 11.5. The number of ether oxygens (including phenoxy) is 1. The molecule has 0 fully saturated rings. The van der Waals surface area contributed by atoms with Crippen LogP contribution in [0.4, 0.5) is 0 Å². The summed E-state index contributed by atoms with van der Waals surface area (Å²) < 4.78 is 7.54. The zero-order valence-electron chi connectivity index (χ0n) is 13.1. The molecule has 24 heavy (non-hydrogen) atoms. The molecule has 0 saturated heterocycles. The summed E-state index contributed by atoms with van der Waals surface area (Å²) >= 11 is 9.84. The molecular formula is C18H14BrClN2O2. The van der Waals surface area contributed by atoms with Crippen LogP contribution in [0.3, 0.4) is 0 Å². The third-order valence-corrected chi connectivity index (χ3v) is 4.52. The van der Waals surface area contributed by atoms with Gasteiger partial charge in [0.15, 0.2) is 0 Å². The average Bonchev–Trinajstić information content (AvgIpc) is 2.56. The maximum atomic E-state index is 12.3. The highest BCUT2D eigenvalue weighted by Gasteiger charge is 2.08. The summed E-state index contributed by atoms with van der Waals surface area (Å²) in [6, 6.07) is 10.8. The van der Waals surface area contributed by atoms with Gasteiger partial charge in [0.2, 0.25) is 0 Å². The second-order valence-corrected chi connectivity index (χ2v) is 6.51. The van der Waals surface area contributed by atoms with E-state index in [0.29, 0.717) is 16.4 Å². The monoisotopic (exact) mass is 404 g/mol. The molecule has 0 atom stereocenters. The molecule has 4 nitrogen and oxygen atoms in total. The number of nitrogens with zero attached hydrogens (tertiary/aromatic N) is 2. The Balaban J connectivity index is 2.08. The minimum atomic E-state index is -0.166. The summed E-state index contributed by atoms with van der Waals surface area (Å²) in [7, 11) is 1.61. The van der Waals surface area contributed by atoms with Crippen LogP contribution in [0.5, 0.6) is 5.75 Å². The summed E-state index contributed by atoms with van der Waals surface area (Å²) in [6.07, 6.45) is 3.46. The largest absolute Gasteiger partial charge is 0.496 e. The van der Waals surface area contributed by atoms with Crippen LogP contribution in [0, 0.1) is 6.92 Å². The van der Waals surface area contributed by atoms with Crippen LogP contribution >= 0.6 is 27.5 Å². The number of aryl methyl sites for hydroxylation is 1. The summed E-state index contributed by atoms with van der Waals surface area (Å²) in [5.74, 6) is 0.737. The molecule has 6 heteroatoms. The van der Waals surface area contributed by atoms with Gasteiger partial charge in [0.05, 0.1) is 22.3 Å². The SMILES string of the molecule is COc1ccc(/C=C(\Cl)c2cc(=O)n3cccc(C)c3n2)cc1Br. The van der Waals surface area contributed by atoms with Crippen LogP contribution in [0.2, 0.25) is 0 Å². The van der Waals surface area contributed by atoms with Crippen LogP contribution in [0.1, 0.15) is 16.8 Å². The molecule has 0 aliphatic carbocycles. The number of fused-ring (bicyclic) bond motifs is 1. The highest BCUT2D eigenvalue weighted by Crippen LogP contribution is 2.28. The standard InChI is InChI=1S/C18H14BrClN2O2/c1-11-4-3-7-22-17(23)10-15(21-18(11)22)14(20)9-12-5-6-16(24-2)13(19)8-12/h3-10H,1-2H3/b14-9-. The van der Waals surface area contributed by atoms with Crippen molar-refractivity contribution in [2.45, 2.75) is 6.92 Å². The molecule has 0 bridgehead atoms. The number of aromatic nitrogens is 2. The maximum absolute atomic E-state index is 12.3. The van der Waals surface area contributed by atoms with E-state index in [1.54, 1.807) is 19.4 Å². The lowest BCUT2D eigenvalue weighted by atomic mass is 10.2. The Labute approximate surface area is 152 Å². The number of rotatable bonds is 3. The lowest BCUT2D eigenvalue weighted by Gasteiger charge is -2.06. The van der Waals surface area contributed by atoms with Crippen LogP contribution in [0.25, 0.3) is 16.8 Å². The molecule has 0 N–H and O–H groups in total. The van der Waals surface area contributed by atoms with Gasteiger partial charge in [0.1, 0.15) is 11.4 Å². The van der Waals surface area contributed by atoms with Crippen molar-refractivity contribution in [2.75, 3.05) is 7.11 Å². The normalized spacial score (nSPS) is 11.8. The molecule has 122 valence electrons. The highest BCUT2D eigenvalue weighted by molar-refractivity contribution is 9.10. The molecule has 3 rings (SSSR count). The fraction of sp³-hybridized carbons (Fsp3) is 0.111. The topological polar surface area (TPSA) is 43.6 Å². The number of hydrogen-bond acceptors (Lipinski definition) is 3.